The molecule has 0 aliphatic carbocycles. The Morgan fingerprint density at radius 1 is 1.35 bits per heavy atom. The fourth-order valence-electron chi connectivity index (χ4n) is 3.90. The van der Waals surface area contributed by atoms with Crippen molar-refractivity contribution in [1.82, 2.24) is 9.62 Å². The van der Waals surface area contributed by atoms with Crippen LogP contribution < -0.4 is 20.1 Å². The highest BCUT2D eigenvalue weighted by Crippen LogP contribution is 2.36. The van der Waals surface area contributed by atoms with Crippen LogP contribution in [0.2, 0.25) is 0 Å². The molecule has 2 amide bonds. The second-order valence-corrected chi connectivity index (χ2v) is 9.36. The van der Waals surface area contributed by atoms with E-state index >= 15 is 0 Å². The summed E-state index contributed by atoms with van der Waals surface area (Å²) in [5.74, 6) is -0.417. The highest BCUT2D eigenvalue weighted by atomic mass is 32.2. The Hall–Kier alpha value is -2.21. The number of carbonyl (C=O) groups excluding carboxylic acids is 2. The molecule has 2 heterocycles. The van der Waals surface area contributed by atoms with Crippen LogP contribution in [0.3, 0.4) is 0 Å². The molecular weight excluding hydrogens is 424 g/mol. The Morgan fingerprint density at radius 3 is 2.77 bits per heavy atom. The molecular formula is C20H30N4O6S. The predicted molar refractivity (Wildman–Crippen MR) is 114 cm³/mol. The van der Waals surface area contributed by atoms with Crippen molar-refractivity contribution in [3.63, 3.8) is 0 Å². The first-order chi connectivity index (χ1) is 14.8. The van der Waals surface area contributed by atoms with Gasteiger partial charge in [0.2, 0.25) is 21.8 Å². The second kappa shape index (κ2) is 9.94. The molecule has 11 heteroatoms. The van der Waals surface area contributed by atoms with Crippen LogP contribution in [0.25, 0.3) is 0 Å². The number of hydrogen-bond donors (Lipinski definition) is 2. The molecule has 0 aromatic heterocycles. The number of nitrogens with zero attached hydrogens (tertiary/aromatic N) is 2. The van der Waals surface area contributed by atoms with E-state index in [4.69, 9.17) is 15.2 Å². The third kappa shape index (κ3) is 5.00. The minimum atomic E-state index is -4.17. The largest absolute Gasteiger partial charge is 0.493 e. The molecule has 2 aliphatic heterocycles. The number of amides is 2. The van der Waals surface area contributed by atoms with Gasteiger partial charge in [0, 0.05) is 26.1 Å². The van der Waals surface area contributed by atoms with Crippen molar-refractivity contribution in [3.8, 4) is 5.75 Å². The molecule has 10 nitrogen and oxygen atoms in total. The van der Waals surface area contributed by atoms with Crippen molar-refractivity contribution in [2.24, 2.45) is 5.73 Å². The second-order valence-electron chi connectivity index (χ2n) is 7.68. The zero-order valence-corrected chi connectivity index (χ0v) is 18.7. The minimum absolute atomic E-state index is 0.0632. The van der Waals surface area contributed by atoms with E-state index in [-0.39, 0.29) is 29.1 Å². The molecule has 0 unspecified atom stereocenters. The van der Waals surface area contributed by atoms with Gasteiger partial charge in [-0.2, -0.15) is 4.72 Å². The third-order valence-corrected chi connectivity index (χ3v) is 7.04. The first kappa shape index (κ1) is 23.5. The lowest BCUT2D eigenvalue weighted by molar-refractivity contribution is -0.140. The molecule has 2 aliphatic rings. The maximum absolute atomic E-state index is 13.2. The number of sulfonamides is 1. The maximum Gasteiger partial charge on any atom is 0.245 e. The zero-order valence-electron chi connectivity index (χ0n) is 17.9. The van der Waals surface area contributed by atoms with Crippen LogP contribution in [0.15, 0.2) is 23.1 Å². The van der Waals surface area contributed by atoms with E-state index in [1.165, 1.54) is 13.2 Å². The van der Waals surface area contributed by atoms with Crippen LogP contribution in [-0.4, -0.2) is 77.2 Å². The average Bonchev–Trinajstić information content (AvgIpc) is 2.77. The van der Waals surface area contributed by atoms with Crippen LogP contribution in [0.5, 0.6) is 5.75 Å². The molecule has 2 atom stereocenters. The van der Waals surface area contributed by atoms with Gasteiger partial charge in [0.1, 0.15) is 10.9 Å². The maximum atomic E-state index is 13.2. The molecule has 2 saturated heterocycles. The summed E-state index contributed by atoms with van der Waals surface area (Å²) < 4.78 is 39.6. The highest BCUT2D eigenvalue weighted by Gasteiger charge is 2.34. The number of ether oxygens (including phenoxy) is 2. The minimum Gasteiger partial charge on any atom is -0.493 e. The van der Waals surface area contributed by atoms with E-state index in [0.717, 1.165) is 12.8 Å². The molecule has 0 radical (unpaired) electrons. The van der Waals surface area contributed by atoms with E-state index in [2.05, 4.69) is 4.72 Å². The van der Waals surface area contributed by atoms with Gasteiger partial charge >= 0.3 is 0 Å². The lowest BCUT2D eigenvalue weighted by Gasteiger charge is -2.35. The monoisotopic (exact) mass is 454 g/mol. The number of piperidine rings is 1. The molecule has 31 heavy (non-hydrogen) atoms. The van der Waals surface area contributed by atoms with Crippen LogP contribution in [0.4, 0.5) is 5.69 Å². The number of nitrogens with two attached hydrogens (primary N) is 1. The van der Waals surface area contributed by atoms with Gasteiger partial charge in [-0.15, -0.1) is 0 Å². The van der Waals surface area contributed by atoms with Gasteiger partial charge in [0.25, 0.3) is 0 Å². The molecule has 172 valence electrons. The Kier molecular flexibility index (Phi) is 7.52. The first-order valence-corrected chi connectivity index (χ1v) is 11.9. The summed E-state index contributed by atoms with van der Waals surface area (Å²) in [4.78, 5) is 28.3. The number of morpholine rings is 1. The van der Waals surface area contributed by atoms with Gasteiger partial charge in [-0.3, -0.25) is 9.59 Å². The van der Waals surface area contributed by atoms with Crippen molar-refractivity contribution in [2.75, 3.05) is 44.9 Å². The fourth-order valence-corrected chi connectivity index (χ4v) is 5.29. The zero-order chi connectivity index (χ0) is 22.6. The number of methoxy groups -OCH3 is 1. The number of hydrogen-bond acceptors (Lipinski definition) is 7. The fraction of sp³-hybridized carbons (Fsp3) is 0.600. The summed E-state index contributed by atoms with van der Waals surface area (Å²) in [7, 11) is -2.81. The predicted octanol–water partition coefficient (Wildman–Crippen LogP) is 0.0650. The van der Waals surface area contributed by atoms with Crippen LogP contribution in [0.1, 0.15) is 26.2 Å². The Labute approximate surface area is 182 Å². The van der Waals surface area contributed by atoms with Crippen molar-refractivity contribution in [1.29, 1.82) is 0 Å². The average molecular weight is 455 g/mol. The highest BCUT2D eigenvalue weighted by molar-refractivity contribution is 7.89. The summed E-state index contributed by atoms with van der Waals surface area (Å²) in [6.45, 7) is 3.27. The van der Waals surface area contributed by atoms with Crippen LogP contribution >= 0.6 is 0 Å². The quantitative estimate of drug-likeness (QED) is 0.596. The van der Waals surface area contributed by atoms with Crippen LogP contribution in [0, 0.1) is 0 Å². The summed E-state index contributed by atoms with van der Waals surface area (Å²) in [5, 5.41) is 0. The molecule has 3 N–H and O–H groups in total. The summed E-state index contributed by atoms with van der Waals surface area (Å²) in [6.07, 6.45) is 2.03. The normalized spacial score (nSPS) is 21.1. The van der Waals surface area contributed by atoms with Crippen molar-refractivity contribution in [3.05, 3.63) is 18.2 Å². The van der Waals surface area contributed by atoms with Gasteiger partial charge < -0.3 is 25.0 Å². The molecule has 0 bridgehead atoms. The lowest BCUT2D eigenvalue weighted by atomic mass is 10.1. The van der Waals surface area contributed by atoms with E-state index in [1.54, 1.807) is 21.9 Å². The van der Waals surface area contributed by atoms with Crippen molar-refractivity contribution >= 4 is 27.5 Å². The number of anilines is 1. The van der Waals surface area contributed by atoms with Gasteiger partial charge in [-0.25, -0.2) is 8.42 Å². The number of benzene rings is 1. The molecule has 0 saturated carbocycles. The van der Waals surface area contributed by atoms with E-state index in [0.29, 0.717) is 38.4 Å². The first-order valence-electron chi connectivity index (χ1n) is 10.4. The van der Waals surface area contributed by atoms with Gasteiger partial charge in [-0.1, -0.05) is 6.07 Å². The van der Waals surface area contributed by atoms with Crippen molar-refractivity contribution in [2.45, 2.75) is 43.2 Å². The number of para-hydroxylation sites is 1. The molecule has 2 fully saturated rings. The van der Waals surface area contributed by atoms with Gasteiger partial charge in [0.15, 0.2) is 5.75 Å². The van der Waals surface area contributed by atoms with Crippen LogP contribution in [-0.2, 0) is 24.3 Å². The summed E-state index contributed by atoms with van der Waals surface area (Å²) in [6, 6.07) is 3.28. The molecule has 0 spiro atoms. The van der Waals surface area contributed by atoms with E-state index in [9.17, 15) is 18.0 Å². The van der Waals surface area contributed by atoms with Gasteiger partial charge in [-0.05, 0) is 31.9 Å². The Balaban J connectivity index is 1.89. The molecule has 1 aromatic rings. The van der Waals surface area contributed by atoms with E-state index < -0.39 is 22.0 Å². The molecule has 3 rings (SSSR count). The number of nitrogens with one attached hydrogen (secondary N) is 1. The Morgan fingerprint density at radius 2 is 2.13 bits per heavy atom. The smallest absolute Gasteiger partial charge is 0.245 e. The van der Waals surface area contributed by atoms with E-state index in [1.807, 2.05) is 6.92 Å². The lowest BCUT2D eigenvalue weighted by Crippen LogP contribution is -2.57. The van der Waals surface area contributed by atoms with Gasteiger partial charge in [0.05, 0.1) is 32.1 Å². The standard InChI is InChI=1S/C20H30N4O6S/c1-14-13-30-11-10-23(14)20(26)15(12-21)22-31(27,28)17-7-5-6-16(19(17)29-2)24-9-4-3-8-18(24)25/h5-7,14-15,22H,3-4,8-13,21H2,1-2H3/t14-,15-/m0/s1. The third-order valence-electron chi connectivity index (χ3n) is 5.55. The molecule has 1 aromatic carbocycles. The van der Waals surface area contributed by atoms with Crippen molar-refractivity contribution < 1.29 is 27.5 Å². The SMILES string of the molecule is COc1c(N2CCCCC2=O)cccc1S(=O)(=O)N[C@@H](CN)C(=O)N1CCOC[C@@H]1C. The summed E-state index contributed by atoms with van der Waals surface area (Å²) in [5.41, 5.74) is 6.15. The summed E-state index contributed by atoms with van der Waals surface area (Å²) >= 11 is 0. The number of carbonyl (C=O) groups is 2. The Bertz CT molecular complexity index is 922. The topological polar surface area (TPSA) is 131 Å². The number of rotatable bonds is 7.